The summed E-state index contributed by atoms with van der Waals surface area (Å²) >= 11 is 0. The van der Waals surface area contributed by atoms with Crippen LogP contribution in [0, 0.1) is 0 Å². The second kappa shape index (κ2) is 12.4. The molecule has 5 heteroatoms. The Hall–Kier alpha value is -0.200. The fraction of sp³-hybridized carbons (Fsp3) is 1.00. The monoisotopic (exact) mass is 302 g/mol. The second-order valence-electron chi connectivity index (χ2n) is 5.46. The van der Waals surface area contributed by atoms with Crippen LogP contribution >= 0.6 is 0 Å². The lowest BCUT2D eigenvalue weighted by Gasteiger charge is -2.25. The van der Waals surface area contributed by atoms with Gasteiger partial charge in [-0.25, -0.2) is 0 Å². The number of ether oxygens (including phenoxy) is 3. The van der Waals surface area contributed by atoms with Crippen LogP contribution in [0.4, 0.5) is 0 Å². The van der Waals surface area contributed by atoms with Crippen molar-refractivity contribution in [3.63, 3.8) is 0 Å². The van der Waals surface area contributed by atoms with E-state index in [1.165, 1.54) is 6.42 Å². The fourth-order valence-electron chi connectivity index (χ4n) is 2.63. The molecule has 126 valence electrons. The van der Waals surface area contributed by atoms with Gasteiger partial charge in [-0.15, -0.1) is 0 Å². The van der Waals surface area contributed by atoms with Crippen LogP contribution in [-0.4, -0.2) is 76.3 Å². The Morgan fingerprint density at radius 2 is 1.62 bits per heavy atom. The molecule has 21 heavy (non-hydrogen) atoms. The maximum atomic E-state index is 6.12. The van der Waals surface area contributed by atoms with E-state index in [1.54, 1.807) is 0 Å². The largest absolute Gasteiger partial charge is 0.380 e. The molecule has 1 aliphatic heterocycles. The van der Waals surface area contributed by atoms with Crippen LogP contribution in [0.1, 0.15) is 33.6 Å². The average Bonchev–Trinajstić information content (AvgIpc) is 2.93. The number of hydrogen-bond donors (Lipinski definition) is 1. The summed E-state index contributed by atoms with van der Waals surface area (Å²) in [7, 11) is 0. The van der Waals surface area contributed by atoms with Gasteiger partial charge in [0.1, 0.15) is 0 Å². The van der Waals surface area contributed by atoms with Crippen molar-refractivity contribution in [1.29, 1.82) is 0 Å². The fourth-order valence-corrected chi connectivity index (χ4v) is 2.63. The van der Waals surface area contributed by atoms with Gasteiger partial charge in [-0.1, -0.05) is 6.92 Å². The average molecular weight is 302 g/mol. The summed E-state index contributed by atoms with van der Waals surface area (Å²) in [6, 6.07) is 0. The van der Waals surface area contributed by atoms with Gasteiger partial charge in [-0.3, -0.25) is 4.90 Å². The van der Waals surface area contributed by atoms with Crippen molar-refractivity contribution in [2.75, 3.05) is 59.2 Å². The topological polar surface area (TPSA) is 43.0 Å². The minimum Gasteiger partial charge on any atom is -0.380 e. The van der Waals surface area contributed by atoms with Crippen molar-refractivity contribution in [2.45, 2.75) is 45.8 Å². The zero-order valence-corrected chi connectivity index (χ0v) is 14.1. The maximum Gasteiger partial charge on any atom is 0.0707 e. The quantitative estimate of drug-likeness (QED) is 0.523. The number of hydrogen-bond acceptors (Lipinski definition) is 5. The van der Waals surface area contributed by atoms with Gasteiger partial charge >= 0.3 is 0 Å². The Bertz CT molecular complexity index is 232. The van der Waals surface area contributed by atoms with Gasteiger partial charge < -0.3 is 19.5 Å². The summed E-state index contributed by atoms with van der Waals surface area (Å²) in [5, 5.41) is 3.37. The molecular weight excluding hydrogens is 268 g/mol. The first-order chi connectivity index (χ1) is 10.3. The van der Waals surface area contributed by atoms with Crippen molar-refractivity contribution >= 4 is 0 Å². The van der Waals surface area contributed by atoms with E-state index in [4.69, 9.17) is 14.2 Å². The molecule has 1 aliphatic rings. The van der Waals surface area contributed by atoms with Crippen molar-refractivity contribution in [2.24, 2.45) is 0 Å². The van der Waals surface area contributed by atoms with Crippen LogP contribution in [0.3, 0.4) is 0 Å². The Morgan fingerprint density at radius 3 is 2.19 bits per heavy atom. The molecule has 0 aromatic heterocycles. The number of nitrogens with zero attached hydrogens (tertiary/aromatic N) is 1. The predicted molar refractivity (Wildman–Crippen MR) is 85.9 cm³/mol. The van der Waals surface area contributed by atoms with Crippen LogP contribution in [0.15, 0.2) is 0 Å². The van der Waals surface area contributed by atoms with Gasteiger partial charge in [-0.05, 0) is 33.2 Å². The van der Waals surface area contributed by atoms with Crippen molar-refractivity contribution in [3.8, 4) is 0 Å². The zero-order valence-electron chi connectivity index (χ0n) is 14.1. The summed E-state index contributed by atoms with van der Waals surface area (Å²) in [6.07, 6.45) is 3.07. The SMILES string of the molecule is CCNCC1CCC(CN(CCOCC)CCOCC)O1. The maximum absolute atomic E-state index is 6.12. The van der Waals surface area contributed by atoms with Crippen LogP contribution in [0.2, 0.25) is 0 Å². The van der Waals surface area contributed by atoms with Crippen LogP contribution < -0.4 is 5.32 Å². The minimum absolute atomic E-state index is 0.358. The van der Waals surface area contributed by atoms with Gasteiger partial charge in [0, 0.05) is 39.4 Å². The first-order valence-corrected chi connectivity index (χ1v) is 8.54. The normalized spacial score (nSPS) is 22.3. The Labute approximate surface area is 130 Å². The summed E-state index contributed by atoms with van der Waals surface area (Å²) in [5.41, 5.74) is 0. The van der Waals surface area contributed by atoms with E-state index in [0.717, 1.165) is 65.6 Å². The predicted octanol–water partition coefficient (Wildman–Crippen LogP) is 1.52. The Morgan fingerprint density at radius 1 is 1.00 bits per heavy atom. The first kappa shape index (κ1) is 18.8. The molecule has 0 saturated carbocycles. The summed E-state index contributed by atoms with van der Waals surface area (Å²) in [4.78, 5) is 2.41. The lowest BCUT2D eigenvalue weighted by atomic mass is 10.2. The van der Waals surface area contributed by atoms with Gasteiger partial charge in [-0.2, -0.15) is 0 Å². The smallest absolute Gasteiger partial charge is 0.0707 e. The van der Waals surface area contributed by atoms with Crippen LogP contribution in [0.25, 0.3) is 0 Å². The molecule has 1 N–H and O–H groups in total. The van der Waals surface area contributed by atoms with E-state index >= 15 is 0 Å². The Balaban J connectivity index is 2.26. The standard InChI is InChI=1S/C16H34N2O3/c1-4-17-13-15-7-8-16(21-15)14-18(9-11-19-5-2)10-12-20-6-3/h15-17H,4-14H2,1-3H3. The molecule has 1 saturated heterocycles. The molecule has 1 rings (SSSR count). The zero-order chi connectivity index (χ0) is 15.3. The molecule has 2 unspecified atom stereocenters. The van der Waals surface area contributed by atoms with E-state index < -0.39 is 0 Å². The van der Waals surface area contributed by atoms with E-state index in [2.05, 4.69) is 17.1 Å². The minimum atomic E-state index is 0.358. The summed E-state index contributed by atoms with van der Waals surface area (Å²) in [6.45, 7) is 14.2. The van der Waals surface area contributed by atoms with Gasteiger partial charge in [0.2, 0.25) is 0 Å². The number of likely N-dealkylation sites (N-methyl/N-ethyl adjacent to an activating group) is 1. The summed E-state index contributed by atoms with van der Waals surface area (Å²) in [5.74, 6) is 0. The molecule has 0 bridgehead atoms. The van der Waals surface area contributed by atoms with Crippen LogP contribution in [-0.2, 0) is 14.2 Å². The molecule has 0 spiro atoms. The van der Waals surface area contributed by atoms with Crippen molar-refractivity contribution in [3.05, 3.63) is 0 Å². The van der Waals surface area contributed by atoms with E-state index in [1.807, 2.05) is 13.8 Å². The molecule has 5 nitrogen and oxygen atoms in total. The van der Waals surface area contributed by atoms with E-state index in [9.17, 15) is 0 Å². The summed E-state index contributed by atoms with van der Waals surface area (Å²) < 4.78 is 17.1. The second-order valence-corrected chi connectivity index (χ2v) is 5.46. The number of rotatable bonds is 13. The van der Waals surface area contributed by atoms with E-state index in [0.29, 0.717) is 12.2 Å². The van der Waals surface area contributed by atoms with Crippen LogP contribution in [0.5, 0.6) is 0 Å². The third-order valence-corrected chi connectivity index (χ3v) is 3.79. The molecule has 0 aromatic rings. The first-order valence-electron chi connectivity index (χ1n) is 8.54. The Kier molecular flexibility index (Phi) is 11.1. The molecule has 0 aromatic carbocycles. The van der Waals surface area contributed by atoms with Crippen molar-refractivity contribution in [1.82, 2.24) is 10.2 Å². The van der Waals surface area contributed by atoms with Gasteiger partial charge in [0.25, 0.3) is 0 Å². The highest BCUT2D eigenvalue weighted by Gasteiger charge is 2.26. The lowest BCUT2D eigenvalue weighted by Crippen LogP contribution is -2.38. The molecule has 2 atom stereocenters. The highest BCUT2D eigenvalue weighted by Crippen LogP contribution is 2.20. The highest BCUT2D eigenvalue weighted by atomic mass is 16.5. The van der Waals surface area contributed by atoms with Crippen molar-refractivity contribution < 1.29 is 14.2 Å². The third-order valence-electron chi connectivity index (χ3n) is 3.79. The molecule has 0 amide bonds. The molecule has 0 aliphatic carbocycles. The molecular formula is C16H34N2O3. The molecule has 1 heterocycles. The number of nitrogens with one attached hydrogen (secondary N) is 1. The van der Waals surface area contributed by atoms with Gasteiger partial charge in [0.15, 0.2) is 0 Å². The third kappa shape index (κ3) is 8.73. The van der Waals surface area contributed by atoms with Gasteiger partial charge in [0.05, 0.1) is 25.4 Å². The molecule has 0 radical (unpaired) electrons. The molecule has 1 fully saturated rings. The lowest BCUT2D eigenvalue weighted by molar-refractivity contribution is 0.00971. The van der Waals surface area contributed by atoms with E-state index in [-0.39, 0.29) is 0 Å². The highest BCUT2D eigenvalue weighted by molar-refractivity contribution is 4.78.